The van der Waals surface area contributed by atoms with Crippen LogP contribution in [-0.2, 0) is 10.9 Å². The van der Waals surface area contributed by atoms with Gasteiger partial charge in [-0.2, -0.15) is 13.2 Å². The molecule has 1 aliphatic rings. The minimum atomic E-state index is -4.35. The Morgan fingerprint density at radius 2 is 1.84 bits per heavy atom. The number of alkyl halides is 3. The Balaban J connectivity index is 1.85. The molecule has 0 radical (unpaired) electrons. The van der Waals surface area contributed by atoms with E-state index < -0.39 is 17.3 Å². The summed E-state index contributed by atoms with van der Waals surface area (Å²) in [6.45, 7) is 6.98. The first-order valence-corrected chi connectivity index (χ1v) is 8.32. The Hall–Kier alpha value is -1.92. The third kappa shape index (κ3) is 6.14. The van der Waals surface area contributed by atoms with Crippen LogP contribution in [-0.4, -0.2) is 36.3 Å². The van der Waals surface area contributed by atoms with Crippen LogP contribution in [0, 0.1) is 5.92 Å². The quantitative estimate of drug-likeness (QED) is 0.783. The Labute approximate surface area is 145 Å². The second-order valence-corrected chi connectivity index (χ2v) is 7.27. The molecule has 1 saturated heterocycles. The van der Waals surface area contributed by atoms with Crippen molar-refractivity contribution in [3.8, 4) is 5.75 Å². The van der Waals surface area contributed by atoms with Gasteiger partial charge >= 0.3 is 12.3 Å². The van der Waals surface area contributed by atoms with Crippen molar-refractivity contribution in [1.82, 2.24) is 4.90 Å². The fourth-order valence-electron chi connectivity index (χ4n) is 2.65. The lowest BCUT2D eigenvalue weighted by atomic mass is 9.99. The van der Waals surface area contributed by atoms with Gasteiger partial charge in [-0.25, -0.2) is 4.79 Å². The maximum atomic E-state index is 12.5. The summed E-state index contributed by atoms with van der Waals surface area (Å²) < 4.78 is 48.6. The third-order valence-corrected chi connectivity index (χ3v) is 3.84. The molecule has 1 aliphatic heterocycles. The largest absolute Gasteiger partial charge is 0.493 e. The average Bonchev–Trinajstić information content (AvgIpc) is 2.51. The molecule has 1 atom stereocenters. The van der Waals surface area contributed by atoms with Crippen LogP contribution < -0.4 is 4.74 Å². The summed E-state index contributed by atoms with van der Waals surface area (Å²) in [5.74, 6) is 0.519. The minimum Gasteiger partial charge on any atom is -0.493 e. The molecule has 2 rings (SSSR count). The molecule has 0 aliphatic carbocycles. The highest BCUT2D eigenvalue weighted by atomic mass is 19.4. The number of nitrogens with zero attached hydrogens (tertiary/aromatic N) is 1. The van der Waals surface area contributed by atoms with Gasteiger partial charge in [0.05, 0.1) is 12.2 Å². The molecular weight excluding hydrogens is 335 g/mol. The molecule has 0 saturated carbocycles. The van der Waals surface area contributed by atoms with Crippen LogP contribution in [0.2, 0.25) is 0 Å². The number of carbonyl (C=O) groups excluding carboxylic acids is 1. The van der Waals surface area contributed by atoms with Crippen molar-refractivity contribution >= 4 is 6.09 Å². The summed E-state index contributed by atoms with van der Waals surface area (Å²) in [7, 11) is 0. The number of likely N-dealkylation sites (tertiary alicyclic amines) is 1. The third-order valence-electron chi connectivity index (χ3n) is 3.84. The maximum Gasteiger partial charge on any atom is 0.416 e. The number of piperidine rings is 1. The van der Waals surface area contributed by atoms with E-state index in [-0.39, 0.29) is 12.0 Å². The molecule has 1 aromatic rings. The number of ether oxygens (including phenoxy) is 2. The molecule has 25 heavy (non-hydrogen) atoms. The van der Waals surface area contributed by atoms with Crippen LogP contribution in [0.4, 0.5) is 18.0 Å². The van der Waals surface area contributed by atoms with Crippen molar-refractivity contribution < 1.29 is 27.4 Å². The van der Waals surface area contributed by atoms with Gasteiger partial charge in [-0.05, 0) is 57.9 Å². The lowest BCUT2D eigenvalue weighted by Gasteiger charge is -2.34. The molecule has 4 nitrogen and oxygen atoms in total. The molecule has 0 N–H and O–H groups in total. The number of amides is 1. The molecule has 0 spiro atoms. The fourth-order valence-corrected chi connectivity index (χ4v) is 2.65. The van der Waals surface area contributed by atoms with E-state index in [1.165, 1.54) is 12.1 Å². The van der Waals surface area contributed by atoms with Gasteiger partial charge in [0.15, 0.2) is 0 Å². The lowest BCUT2D eigenvalue weighted by molar-refractivity contribution is -0.137. The van der Waals surface area contributed by atoms with Crippen LogP contribution in [0.5, 0.6) is 5.75 Å². The zero-order valence-corrected chi connectivity index (χ0v) is 14.7. The minimum absolute atomic E-state index is 0.128. The van der Waals surface area contributed by atoms with Gasteiger partial charge < -0.3 is 14.4 Å². The lowest BCUT2D eigenvalue weighted by Crippen LogP contribution is -2.44. The summed E-state index contributed by atoms with van der Waals surface area (Å²) in [6, 6.07) is 4.64. The molecule has 1 aromatic carbocycles. The van der Waals surface area contributed by atoms with Crippen molar-refractivity contribution in [3.05, 3.63) is 29.8 Å². The Morgan fingerprint density at radius 3 is 2.40 bits per heavy atom. The van der Waals surface area contributed by atoms with Crippen molar-refractivity contribution in [3.63, 3.8) is 0 Å². The summed E-state index contributed by atoms with van der Waals surface area (Å²) in [6.07, 6.45) is -2.94. The van der Waals surface area contributed by atoms with Crippen LogP contribution in [0.15, 0.2) is 24.3 Å². The summed E-state index contributed by atoms with van der Waals surface area (Å²) in [5.41, 5.74) is -1.24. The number of rotatable bonds is 3. The molecule has 1 fully saturated rings. The molecule has 140 valence electrons. The van der Waals surface area contributed by atoms with Crippen LogP contribution in [0.3, 0.4) is 0 Å². The van der Waals surface area contributed by atoms with E-state index in [2.05, 4.69) is 0 Å². The van der Waals surface area contributed by atoms with E-state index in [9.17, 15) is 18.0 Å². The van der Waals surface area contributed by atoms with E-state index in [4.69, 9.17) is 9.47 Å². The van der Waals surface area contributed by atoms with Gasteiger partial charge in [0.1, 0.15) is 11.4 Å². The van der Waals surface area contributed by atoms with Crippen LogP contribution in [0.1, 0.15) is 39.2 Å². The van der Waals surface area contributed by atoms with Gasteiger partial charge in [-0.3, -0.25) is 0 Å². The second-order valence-electron chi connectivity index (χ2n) is 7.27. The Bertz CT molecular complexity index is 579. The molecule has 0 bridgehead atoms. The van der Waals surface area contributed by atoms with E-state index in [0.717, 1.165) is 25.0 Å². The van der Waals surface area contributed by atoms with Crippen LogP contribution >= 0.6 is 0 Å². The van der Waals surface area contributed by atoms with Gasteiger partial charge in [0, 0.05) is 19.0 Å². The van der Waals surface area contributed by atoms with E-state index in [1.54, 1.807) is 4.90 Å². The summed E-state index contributed by atoms with van der Waals surface area (Å²) in [5, 5.41) is 0. The van der Waals surface area contributed by atoms with Crippen molar-refractivity contribution in [2.45, 2.75) is 45.4 Å². The highest BCUT2D eigenvalue weighted by Gasteiger charge is 2.30. The van der Waals surface area contributed by atoms with Crippen LogP contribution in [0.25, 0.3) is 0 Å². The Morgan fingerprint density at radius 1 is 1.20 bits per heavy atom. The summed E-state index contributed by atoms with van der Waals surface area (Å²) >= 11 is 0. The van der Waals surface area contributed by atoms with Crippen molar-refractivity contribution in [2.75, 3.05) is 19.7 Å². The van der Waals surface area contributed by atoms with E-state index in [1.807, 2.05) is 20.8 Å². The Kier molecular flexibility index (Phi) is 5.85. The first-order valence-electron chi connectivity index (χ1n) is 8.32. The molecule has 1 amide bonds. The summed E-state index contributed by atoms with van der Waals surface area (Å²) in [4.78, 5) is 13.8. The average molecular weight is 359 g/mol. The molecule has 7 heteroatoms. The number of halogens is 3. The fraction of sp³-hybridized carbons (Fsp3) is 0.611. The molecule has 0 aromatic heterocycles. The van der Waals surface area contributed by atoms with Crippen molar-refractivity contribution in [1.29, 1.82) is 0 Å². The first-order chi connectivity index (χ1) is 11.5. The molecule has 1 heterocycles. The SMILES string of the molecule is CC(C)(C)OC(=O)N1CCC[C@H](COc2ccc(C(F)(F)F)cc2)C1. The zero-order chi connectivity index (χ0) is 18.7. The normalized spacial score (nSPS) is 18.8. The van der Waals surface area contributed by atoms with Crippen molar-refractivity contribution in [2.24, 2.45) is 5.92 Å². The smallest absolute Gasteiger partial charge is 0.416 e. The number of benzene rings is 1. The topological polar surface area (TPSA) is 38.8 Å². The van der Waals surface area contributed by atoms with Gasteiger partial charge in [-0.1, -0.05) is 0 Å². The monoisotopic (exact) mass is 359 g/mol. The van der Waals surface area contributed by atoms with Gasteiger partial charge in [-0.15, -0.1) is 0 Å². The van der Waals surface area contributed by atoms with E-state index >= 15 is 0 Å². The standard InChI is InChI=1S/C18H24F3NO3/c1-17(2,3)25-16(23)22-10-4-5-13(11-22)12-24-15-8-6-14(7-9-15)18(19,20)21/h6-9,13H,4-5,10-12H2,1-3H3/t13-/m0/s1. The predicted octanol–water partition coefficient (Wildman–Crippen LogP) is 4.73. The molecular formula is C18H24F3NO3. The highest BCUT2D eigenvalue weighted by Crippen LogP contribution is 2.30. The predicted molar refractivity (Wildman–Crippen MR) is 87.5 cm³/mol. The molecule has 0 unspecified atom stereocenters. The van der Waals surface area contributed by atoms with E-state index in [0.29, 0.717) is 25.4 Å². The number of carbonyl (C=O) groups is 1. The zero-order valence-electron chi connectivity index (χ0n) is 14.7. The maximum absolute atomic E-state index is 12.5. The number of hydrogen-bond donors (Lipinski definition) is 0. The van der Waals surface area contributed by atoms with Gasteiger partial charge in [0.2, 0.25) is 0 Å². The first kappa shape index (κ1) is 19.4. The second kappa shape index (κ2) is 7.54. The van der Waals surface area contributed by atoms with Gasteiger partial charge in [0.25, 0.3) is 0 Å². The highest BCUT2D eigenvalue weighted by molar-refractivity contribution is 5.68. The number of hydrogen-bond acceptors (Lipinski definition) is 3.